The minimum atomic E-state index is 1.19. The smallest absolute Gasteiger partial charge is 0.00201 e. The average Bonchev–Trinajstić information content (AvgIpc) is 3.46. The Morgan fingerprint density at radius 3 is 1.10 bits per heavy atom. The molecule has 0 spiro atoms. The van der Waals surface area contributed by atoms with Gasteiger partial charge in [-0.05, 0) is 167 Å². The van der Waals surface area contributed by atoms with Crippen LogP contribution in [-0.2, 0) is 0 Å². The van der Waals surface area contributed by atoms with Crippen molar-refractivity contribution in [2.75, 3.05) is 0 Å². The molecule has 14 rings (SSSR count). The summed E-state index contributed by atoms with van der Waals surface area (Å²) >= 11 is 0. The first-order valence-electron chi connectivity index (χ1n) is 25.0. The standard InChI is InChI=1S/C72H46/c1-4-21-48(22-5-1)65-43-51-28-10-11-29-52(51)44-66(65)53-39-41-58-59-42-40-54(46-68(59)71(50-26-8-3-9-27-50)70(67(58)45-53)49-24-6-2-7-25-49)69-61-34-16-18-36-63(61)72(64-37-19-17-35-62(64)69)60-33-15-14-32-57(60)56-38-20-30-47-23-12-13-31-55(47)56/h1-46H. The molecule has 0 amide bonds. The van der Waals surface area contributed by atoms with E-state index in [1.165, 1.54) is 143 Å². The van der Waals surface area contributed by atoms with Gasteiger partial charge in [0.25, 0.3) is 0 Å². The fourth-order valence-electron chi connectivity index (χ4n) is 11.8. The van der Waals surface area contributed by atoms with Gasteiger partial charge in [0.1, 0.15) is 0 Å². The minimum Gasteiger partial charge on any atom is -0.0622 e. The van der Waals surface area contributed by atoms with E-state index < -0.39 is 0 Å². The molecular formula is C72H46. The van der Waals surface area contributed by atoms with Crippen molar-refractivity contribution in [3.63, 3.8) is 0 Å². The summed E-state index contributed by atoms with van der Waals surface area (Å²) in [6, 6.07) is 103. The molecule has 0 heterocycles. The highest BCUT2D eigenvalue weighted by Gasteiger charge is 2.23. The van der Waals surface area contributed by atoms with Gasteiger partial charge < -0.3 is 0 Å². The topological polar surface area (TPSA) is 0 Å². The highest BCUT2D eigenvalue weighted by atomic mass is 14.3. The molecule has 14 aromatic carbocycles. The largest absolute Gasteiger partial charge is 0.0622 e. The lowest BCUT2D eigenvalue weighted by Gasteiger charge is -2.22. The Morgan fingerprint density at radius 1 is 0.139 bits per heavy atom. The van der Waals surface area contributed by atoms with Gasteiger partial charge in [-0.25, -0.2) is 0 Å². The van der Waals surface area contributed by atoms with Crippen LogP contribution in [0, 0.1) is 0 Å². The number of hydrogen-bond acceptors (Lipinski definition) is 0. The fraction of sp³-hybridized carbons (Fsp3) is 0. The summed E-state index contributed by atoms with van der Waals surface area (Å²) in [6.45, 7) is 0. The van der Waals surface area contributed by atoms with Crippen LogP contribution in [0.3, 0.4) is 0 Å². The second-order valence-corrected chi connectivity index (χ2v) is 19.0. The molecular weight excluding hydrogens is 865 g/mol. The summed E-state index contributed by atoms with van der Waals surface area (Å²) < 4.78 is 0. The Balaban J connectivity index is 1.05. The van der Waals surface area contributed by atoms with Crippen LogP contribution in [0.4, 0.5) is 0 Å². The van der Waals surface area contributed by atoms with Crippen LogP contribution in [0.2, 0.25) is 0 Å². The summed E-state index contributed by atoms with van der Waals surface area (Å²) in [4.78, 5) is 0. The summed E-state index contributed by atoms with van der Waals surface area (Å²) in [6.07, 6.45) is 0. The predicted octanol–water partition coefficient (Wildman–Crippen LogP) is 20.3. The van der Waals surface area contributed by atoms with Crippen molar-refractivity contribution in [3.05, 3.63) is 279 Å². The van der Waals surface area contributed by atoms with Gasteiger partial charge in [0, 0.05) is 0 Å². The first-order valence-corrected chi connectivity index (χ1v) is 25.0. The van der Waals surface area contributed by atoms with Crippen molar-refractivity contribution in [2.45, 2.75) is 0 Å². The van der Waals surface area contributed by atoms with E-state index >= 15 is 0 Å². The second kappa shape index (κ2) is 17.2. The van der Waals surface area contributed by atoms with E-state index in [1.54, 1.807) is 0 Å². The molecule has 0 aliphatic heterocycles. The molecule has 0 bridgehead atoms. The third-order valence-corrected chi connectivity index (χ3v) is 15.0. The Bertz CT molecular complexity index is 4350. The van der Waals surface area contributed by atoms with E-state index in [1.807, 2.05) is 0 Å². The van der Waals surface area contributed by atoms with Crippen LogP contribution in [0.1, 0.15) is 0 Å². The normalized spacial score (nSPS) is 11.6. The van der Waals surface area contributed by atoms with E-state index in [-0.39, 0.29) is 0 Å². The maximum Gasteiger partial charge on any atom is -0.00201 e. The van der Waals surface area contributed by atoms with Crippen molar-refractivity contribution in [1.29, 1.82) is 0 Å². The van der Waals surface area contributed by atoms with Crippen LogP contribution >= 0.6 is 0 Å². The highest BCUT2D eigenvalue weighted by molar-refractivity contribution is 6.26. The Labute approximate surface area is 419 Å². The second-order valence-electron chi connectivity index (χ2n) is 19.0. The molecule has 0 aromatic heterocycles. The van der Waals surface area contributed by atoms with Crippen LogP contribution in [0.5, 0.6) is 0 Å². The van der Waals surface area contributed by atoms with E-state index in [0.29, 0.717) is 0 Å². The van der Waals surface area contributed by atoms with Gasteiger partial charge in [-0.1, -0.05) is 255 Å². The molecule has 0 saturated heterocycles. The Morgan fingerprint density at radius 2 is 0.528 bits per heavy atom. The molecule has 0 atom stereocenters. The van der Waals surface area contributed by atoms with E-state index in [4.69, 9.17) is 0 Å². The Kier molecular flexibility index (Phi) is 9.96. The van der Waals surface area contributed by atoms with E-state index in [0.717, 1.165) is 0 Å². The van der Waals surface area contributed by atoms with Gasteiger partial charge >= 0.3 is 0 Å². The van der Waals surface area contributed by atoms with Crippen LogP contribution in [-0.4, -0.2) is 0 Å². The number of rotatable bonds is 7. The zero-order chi connectivity index (χ0) is 47.5. The average molecular weight is 911 g/mol. The quantitative estimate of drug-likeness (QED) is 0.110. The first kappa shape index (κ1) is 41.6. The monoisotopic (exact) mass is 910 g/mol. The SMILES string of the molecule is c1ccc(-c2cc3ccccc3cc2-c2ccc3c(c2)c(-c2ccccc2)c(-c2ccccc2)c2cc(-c4c5ccccc5c(-c5ccccc5-c5cccc6ccccc56)c5ccccc45)ccc23)cc1. The summed E-state index contributed by atoms with van der Waals surface area (Å²) in [7, 11) is 0. The number of benzene rings is 14. The maximum absolute atomic E-state index is 2.49. The molecule has 0 aliphatic carbocycles. The minimum absolute atomic E-state index is 1.19. The lowest BCUT2D eigenvalue weighted by atomic mass is 9.81. The molecule has 0 saturated carbocycles. The van der Waals surface area contributed by atoms with Gasteiger partial charge in [0.2, 0.25) is 0 Å². The first-order chi connectivity index (χ1) is 35.7. The van der Waals surface area contributed by atoms with Crippen LogP contribution < -0.4 is 0 Å². The van der Waals surface area contributed by atoms with Crippen LogP contribution in [0.25, 0.3) is 143 Å². The molecule has 0 N–H and O–H groups in total. The van der Waals surface area contributed by atoms with Crippen molar-refractivity contribution in [2.24, 2.45) is 0 Å². The van der Waals surface area contributed by atoms with Crippen molar-refractivity contribution in [1.82, 2.24) is 0 Å². The molecule has 0 fully saturated rings. The molecule has 0 aliphatic rings. The van der Waals surface area contributed by atoms with Crippen molar-refractivity contribution in [3.8, 4) is 77.9 Å². The fourth-order valence-corrected chi connectivity index (χ4v) is 11.8. The zero-order valence-electron chi connectivity index (χ0n) is 39.6. The number of fused-ring (bicyclic) bond motifs is 7. The zero-order valence-corrected chi connectivity index (χ0v) is 39.6. The van der Waals surface area contributed by atoms with Gasteiger partial charge in [-0.3, -0.25) is 0 Å². The molecule has 334 valence electrons. The lowest BCUT2D eigenvalue weighted by Crippen LogP contribution is -1.95. The summed E-state index contributed by atoms with van der Waals surface area (Å²) in [5.41, 5.74) is 17.1. The van der Waals surface area contributed by atoms with Crippen LogP contribution in [0.15, 0.2) is 279 Å². The van der Waals surface area contributed by atoms with Gasteiger partial charge in [-0.2, -0.15) is 0 Å². The van der Waals surface area contributed by atoms with Gasteiger partial charge in [0.05, 0.1) is 0 Å². The van der Waals surface area contributed by atoms with Crippen molar-refractivity contribution >= 4 is 64.6 Å². The summed E-state index contributed by atoms with van der Waals surface area (Å²) in [5, 5.41) is 14.8. The summed E-state index contributed by atoms with van der Waals surface area (Å²) in [5.74, 6) is 0. The lowest BCUT2D eigenvalue weighted by molar-refractivity contribution is 1.61. The highest BCUT2D eigenvalue weighted by Crippen LogP contribution is 2.51. The maximum atomic E-state index is 2.49. The van der Waals surface area contributed by atoms with E-state index in [9.17, 15) is 0 Å². The van der Waals surface area contributed by atoms with E-state index in [2.05, 4.69) is 279 Å². The number of hydrogen-bond donors (Lipinski definition) is 0. The van der Waals surface area contributed by atoms with Gasteiger partial charge in [0.15, 0.2) is 0 Å². The third kappa shape index (κ3) is 6.84. The Hall–Kier alpha value is -9.36. The molecule has 0 unspecified atom stereocenters. The predicted molar refractivity (Wildman–Crippen MR) is 310 cm³/mol. The molecule has 0 radical (unpaired) electrons. The van der Waals surface area contributed by atoms with Gasteiger partial charge in [-0.15, -0.1) is 0 Å². The molecule has 14 aromatic rings. The third-order valence-electron chi connectivity index (χ3n) is 15.0. The molecule has 0 heteroatoms. The van der Waals surface area contributed by atoms with Crippen molar-refractivity contribution < 1.29 is 0 Å². The molecule has 0 nitrogen and oxygen atoms in total. The molecule has 72 heavy (non-hydrogen) atoms.